The molecule has 0 saturated carbocycles. The molecule has 2 rings (SSSR count). The van der Waals surface area contributed by atoms with Crippen LogP contribution in [0.5, 0.6) is 0 Å². The van der Waals surface area contributed by atoms with Crippen LogP contribution in [-0.2, 0) is 0 Å². The Kier molecular flexibility index (Phi) is 8.29. The fourth-order valence-electron chi connectivity index (χ4n) is 3.28. The molecular weight excluding hydrogens is 370 g/mol. The molecule has 5 N–H and O–H groups in total. The molecule has 0 aromatic heterocycles. The van der Waals surface area contributed by atoms with Gasteiger partial charge in [-0.15, -0.1) is 0 Å². The van der Waals surface area contributed by atoms with E-state index in [1.807, 2.05) is 49.1 Å². The number of benzene rings is 2. The SMILES string of the molecule is C=C(C)NC\C=C(C)/C(=C\CC)C(=N/N)/N(/C(N)=C\C)c1cccc2ccccc12. The average Bonchev–Trinajstić information content (AvgIpc) is 2.75. The second-order valence-electron chi connectivity index (χ2n) is 7.07. The van der Waals surface area contributed by atoms with Crippen LogP contribution in [-0.4, -0.2) is 12.4 Å². The minimum atomic E-state index is 0.561. The lowest BCUT2D eigenvalue weighted by Crippen LogP contribution is -2.36. The van der Waals surface area contributed by atoms with Crippen molar-refractivity contribution in [3.05, 3.63) is 89.9 Å². The van der Waals surface area contributed by atoms with Crippen LogP contribution < -0.4 is 21.8 Å². The van der Waals surface area contributed by atoms with Crippen LogP contribution in [0.15, 0.2) is 95.0 Å². The number of nitrogens with zero attached hydrogens (tertiary/aromatic N) is 2. The third-order valence-electron chi connectivity index (χ3n) is 4.78. The number of hydrogen-bond acceptors (Lipinski definition) is 4. The molecule has 0 radical (unpaired) electrons. The molecule has 0 atom stereocenters. The molecule has 0 saturated heterocycles. The molecule has 0 unspecified atom stereocenters. The van der Waals surface area contributed by atoms with Gasteiger partial charge in [-0.25, -0.2) is 0 Å². The summed E-state index contributed by atoms with van der Waals surface area (Å²) in [5, 5.41) is 9.63. The van der Waals surface area contributed by atoms with Crippen molar-refractivity contribution in [3.8, 4) is 0 Å². The first-order valence-corrected chi connectivity index (χ1v) is 10.2. The topological polar surface area (TPSA) is 79.7 Å². The van der Waals surface area contributed by atoms with Crippen molar-refractivity contribution in [2.24, 2.45) is 16.7 Å². The van der Waals surface area contributed by atoms with Gasteiger partial charge in [0.15, 0.2) is 5.84 Å². The van der Waals surface area contributed by atoms with Crippen LogP contribution in [0, 0.1) is 0 Å². The number of nitrogens with two attached hydrogens (primary N) is 2. The first-order chi connectivity index (χ1) is 14.4. The first-order valence-electron chi connectivity index (χ1n) is 10.2. The first kappa shape index (κ1) is 22.8. The zero-order valence-corrected chi connectivity index (χ0v) is 18.4. The molecule has 30 heavy (non-hydrogen) atoms. The summed E-state index contributed by atoms with van der Waals surface area (Å²) in [6.45, 7) is 12.6. The fourth-order valence-corrected chi connectivity index (χ4v) is 3.28. The van der Waals surface area contributed by atoms with Crippen LogP contribution in [0.25, 0.3) is 10.8 Å². The largest absolute Gasteiger partial charge is 0.386 e. The Morgan fingerprint density at radius 2 is 1.83 bits per heavy atom. The number of hydrazone groups is 1. The summed E-state index contributed by atoms with van der Waals surface area (Å²) in [6, 6.07) is 14.3. The Balaban J connectivity index is 2.63. The highest BCUT2D eigenvalue weighted by atomic mass is 15.3. The summed E-state index contributed by atoms with van der Waals surface area (Å²) in [7, 11) is 0. The van der Waals surface area contributed by atoms with E-state index < -0.39 is 0 Å². The summed E-state index contributed by atoms with van der Waals surface area (Å²) in [4.78, 5) is 1.92. The maximum atomic E-state index is 6.47. The molecule has 2 aromatic rings. The molecule has 0 aliphatic heterocycles. The Morgan fingerprint density at radius 1 is 1.13 bits per heavy atom. The number of amidine groups is 1. The molecule has 0 aliphatic carbocycles. The van der Waals surface area contributed by atoms with Crippen molar-refractivity contribution in [2.75, 3.05) is 11.4 Å². The van der Waals surface area contributed by atoms with Gasteiger partial charge < -0.3 is 16.9 Å². The van der Waals surface area contributed by atoms with Crippen LogP contribution >= 0.6 is 0 Å². The maximum Gasteiger partial charge on any atom is 0.165 e. The van der Waals surface area contributed by atoms with Gasteiger partial charge in [0.25, 0.3) is 0 Å². The highest BCUT2D eigenvalue weighted by Crippen LogP contribution is 2.31. The molecule has 0 amide bonds. The Hall–Kier alpha value is -3.47. The zero-order chi connectivity index (χ0) is 22.1. The third kappa shape index (κ3) is 5.32. The summed E-state index contributed by atoms with van der Waals surface area (Å²) in [5.74, 6) is 7.12. The predicted molar refractivity (Wildman–Crippen MR) is 131 cm³/mol. The zero-order valence-electron chi connectivity index (χ0n) is 18.4. The number of fused-ring (bicyclic) bond motifs is 1. The van der Waals surface area contributed by atoms with E-state index in [4.69, 9.17) is 11.6 Å². The van der Waals surface area contributed by atoms with Crippen molar-refractivity contribution >= 4 is 22.3 Å². The van der Waals surface area contributed by atoms with Gasteiger partial charge in [0.1, 0.15) is 5.82 Å². The molecule has 158 valence electrons. The van der Waals surface area contributed by atoms with E-state index in [1.165, 1.54) is 0 Å². The quantitative estimate of drug-likeness (QED) is 0.187. The summed E-state index contributed by atoms with van der Waals surface area (Å²) in [5.41, 5.74) is 10.3. The number of rotatable bonds is 8. The van der Waals surface area contributed by atoms with Gasteiger partial charge in [-0.3, -0.25) is 4.90 Å². The number of allylic oxidation sites excluding steroid dienone is 3. The molecule has 0 spiro atoms. The maximum absolute atomic E-state index is 6.47. The normalized spacial score (nSPS) is 13.5. The Morgan fingerprint density at radius 3 is 2.47 bits per heavy atom. The van der Waals surface area contributed by atoms with E-state index >= 15 is 0 Å². The summed E-state index contributed by atoms with van der Waals surface area (Å²) < 4.78 is 0. The van der Waals surface area contributed by atoms with E-state index in [0.29, 0.717) is 18.2 Å². The Labute approximate surface area is 180 Å². The minimum Gasteiger partial charge on any atom is -0.386 e. The molecule has 5 heteroatoms. The number of anilines is 1. The second-order valence-corrected chi connectivity index (χ2v) is 7.07. The monoisotopic (exact) mass is 403 g/mol. The van der Waals surface area contributed by atoms with E-state index in [-0.39, 0.29) is 0 Å². The molecule has 0 fully saturated rings. The van der Waals surface area contributed by atoms with Gasteiger partial charge in [0.2, 0.25) is 0 Å². The van der Waals surface area contributed by atoms with Crippen LogP contribution in [0.4, 0.5) is 5.69 Å². The van der Waals surface area contributed by atoms with Gasteiger partial charge in [0, 0.05) is 23.2 Å². The molecular formula is C25H33N5. The summed E-state index contributed by atoms with van der Waals surface area (Å²) in [6.07, 6.45) is 6.93. The van der Waals surface area contributed by atoms with E-state index in [0.717, 1.165) is 39.7 Å². The lowest BCUT2D eigenvalue weighted by atomic mass is 10.0. The van der Waals surface area contributed by atoms with Crippen molar-refractivity contribution in [1.29, 1.82) is 0 Å². The smallest absolute Gasteiger partial charge is 0.165 e. The fraction of sp³-hybridized carbons (Fsp3) is 0.240. The lowest BCUT2D eigenvalue weighted by Gasteiger charge is -2.29. The van der Waals surface area contributed by atoms with Crippen molar-refractivity contribution in [3.63, 3.8) is 0 Å². The van der Waals surface area contributed by atoms with Gasteiger partial charge in [-0.2, -0.15) is 5.10 Å². The molecule has 5 nitrogen and oxygen atoms in total. The second kappa shape index (κ2) is 10.9. The van der Waals surface area contributed by atoms with Gasteiger partial charge in [-0.05, 0) is 50.3 Å². The minimum absolute atomic E-state index is 0.561. The van der Waals surface area contributed by atoms with Crippen molar-refractivity contribution in [2.45, 2.75) is 34.1 Å². The average molecular weight is 404 g/mol. The van der Waals surface area contributed by atoms with Crippen LogP contribution in [0.1, 0.15) is 34.1 Å². The van der Waals surface area contributed by atoms with Gasteiger partial charge in [-0.1, -0.05) is 62.1 Å². The van der Waals surface area contributed by atoms with Gasteiger partial charge in [0.05, 0.1) is 5.69 Å². The number of nitrogens with one attached hydrogen (secondary N) is 1. The van der Waals surface area contributed by atoms with Crippen LogP contribution in [0.2, 0.25) is 0 Å². The predicted octanol–water partition coefficient (Wildman–Crippen LogP) is 5.14. The standard InChI is InChI=1S/C25H33N5/c1-6-11-21(19(5)16-17-28-18(3)4)25(29-27)30(24(26)7-2)23-15-10-13-20-12-8-9-14-22(20)23/h7-16,28H,3,6,17,26-27H2,1-2,4-5H3/b19-16-,21-11+,24-7-,29-25-. The number of hydrogen-bond donors (Lipinski definition) is 3. The highest BCUT2D eigenvalue weighted by Gasteiger charge is 2.22. The molecule has 0 bridgehead atoms. The Bertz CT molecular complexity index is 1010. The van der Waals surface area contributed by atoms with E-state index in [9.17, 15) is 0 Å². The lowest BCUT2D eigenvalue weighted by molar-refractivity contribution is 0.905. The van der Waals surface area contributed by atoms with E-state index in [1.54, 1.807) is 0 Å². The molecule has 0 heterocycles. The van der Waals surface area contributed by atoms with E-state index in [2.05, 4.69) is 61.2 Å². The van der Waals surface area contributed by atoms with Crippen molar-refractivity contribution in [1.82, 2.24) is 5.32 Å². The summed E-state index contributed by atoms with van der Waals surface area (Å²) >= 11 is 0. The third-order valence-corrected chi connectivity index (χ3v) is 4.78. The van der Waals surface area contributed by atoms with Crippen LogP contribution in [0.3, 0.4) is 0 Å². The van der Waals surface area contributed by atoms with Gasteiger partial charge >= 0.3 is 0 Å². The molecule has 0 aliphatic rings. The van der Waals surface area contributed by atoms with Crippen molar-refractivity contribution < 1.29 is 0 Å². The molecule has 2 aromatic carbocycles. The highest BCUT2D eigenvalue weighted by molar-refractivity contribution is 6.17.